The number of urea groups is 1. The second kappa shape index (κ2) is 8.57. The largest absolute Gasteiger partial charge is 0.486 e. The second-order valence-electron chi connectivity index (χ2n) is 5.95. The summed E-state index contributed by atoms with van der Waals surface area (Å²) < 4.78 is 18.4. The van der Waals surface area contributed by atoms with Gasteiger partial charge in [0.1, 0.15) is 6.61 Å². The molecule has 8 heteroatoms. The molecule has 1 atom stereocenters. The van der Waals surface area contributed by atoms with Crippen LogP contribution in [0.25, 0.3) is 0 Å². The number of carbonyl (C=O) groups excluding carboxylic acids is 1. The number of hydrogen-bond donors (Lipinski definition) is 1. The lowest BCUT2D eigenvalue weighted by Gasteiger charge is -2.30. The summed E-state index contributed by atoms with van der Waals surface area (Å²) in [5.74, 6) is 1.44. The van der Waals surface area contributed by atoms with Crippen LogP contribution < -0.4 is 14.8 Å². The summed E-state index contributed by atoms with van der Waals surface area (Å²) in [6.07, 6.45) is 3.19. The van der Waals surface area contributed by atoms with Crippen LogP contribution in [0.1, 0.15) is 6.92 Å². The average Bonchev–Trinajstić information content (AvgIpc) is 3.11. The molecule has 1 N–H and O–H groups in total. The van der Waals surface area contributed by atoms with Crippen molar-refractivity contribution in [2.45, 2.75) is 19.6 Å². The van der Waals surface area contributed by atoms with E-state index in [9.17, 15) is 4.79 Å². The molecule has 1 aromatic carbocycles. The molecule has 0 bridgehead atoms. The third-order valence-corrected chi connectivity index (χ3v) is 4.07. The predicted octanol–water partition coefficient (Wildman–Crippen LogP) is 2.22. The molecule has 0 aliphatic carbocycles. The van der Waals surface area contributed by atoms with Gasteiger partial charge in [-0.15, -0.1) is 0 Å². The number of rotatable bonds is 7. The number of ether oxygens (including phenoxy) is 3. The first-order chi connectivity index (χ1) is 12.7. The van der Waals surface area contributed by atoms with Crippen molar-refractivity contribution >= 4 is 11.7 Å². The topological polar surface area (TPSA) is 77.9 Å². The normalized spacial score (nSPS) is 15.5. The van der Waals surface area contributed by atoms with Gasteiger partial charge in [0.2, 0.25) is 0 Å². The van der Waals surface area contributed by atoms with Gasteiger partial charge in [-0.25, -0.2) is 4.79 Å². The summed E-state index contributed by atoms with van der Waals surface area (Å²) >= 11 is 0. The quantitative estimate of drug-likeness (QED) is 0.819. The predicted molar refractivity (Wildman–Crippen MR) is 96.7 cm³/mol. The van der Waals surface area contributed by atoms with Crippen LogP contribution in [0.15, 0.2) is 36.7 Å². The zero-order valence-corrected chi connectivity index (χ0v) is 15.1. The van der Waals surface area contributed by atoms with Gasteiger partial charge in [-0.2, -0.15) is 5.10 Å². The number of fused-ring (bicyclic) bond motifs is 1. The Morgan fingerprint density at radius 2 is 2.23 bits per heavy atom. The summed E-state index contributed by atoms with van der Waals surface area (Å²) in [5, 5.41) is 7.06. The van der Waals surface area contributed by atoms with Crippen LogP contribution in [0.5, 0.6) is 11.5 Å². The lowest BCUT2D eigenvalue weighted by atomic mass is 10.2. The fourth-order valence-electron chi connectivity index (χ4n) is 2.69. The van der Waals surface area contributed by atoms with Crippen LogP contribution in [0.3, 0.4) is 0 Å². The number of hydrogen-bond acceptors (Lipinski definition) is 5. The van der Waals surface area contributed by atoms with Crippen LogP contribution in [-0.2, 0) is 11.3 Å². The van der Waals surface area contributed by atoms with Crippen molar-refractivity contribution in [2.24, 2.45) is 0 Å². The first-order valence-corrected chi connectivity index (χ1v) is 8.65. The van der Waals surface area contributed by atoms with Crippen molar-refractivity contribution in [2.75, 3.05) is 38.7 Å². The maximum atomic E-state index is 12.5. The first kappa shape index (κ1) is 18.1. The Hall–Kier alpha value is -2.74. The van der Waals surface area contributed by atoms with Crippen LogP contribution >= 0.6 is 0 Å². The van der Waals surface area contributed by atoms with E-state index in [0.717, 1.165) is 5.75 Å². The average molecular weight is 360 g/mol. The number of nitrogens with zero attached hydrogens (tertiary/aromatic N) is 3. The Balaban J connectivity index is 1.55. The van der Waals surface area contributed by atoms with Gasteiger partial charge in [-0.3, -0.25) is 4.68 Å². The zero-order valence-electron chi connectivity index (χ0n) is 15.1. The SMILES string of the molecule is CCN(CC1COc2ccccc2O1)C(=O)Nc1cnn(CCOC)c1. The Kier molecular flexibility index (Phi) is 5.96. The van der Waals surface area contributed by atoms with E-state index in [-0.39, 0.29) is 12.1 Å². The maximum absolute atomic E-state index is 12.5. The van der Waals surface area contributed by atoms with E-state index in [1.807, 2.05) is 31.2 Å². The molecule has 0 spiro atoms. The number of nitrogens with one attached hydrogen (secondary N) is 1. The van der Waals surface area contributed by atoms with E-state index in [1.165, 1.54) is 0 Å². The number of aromatic nitrogens is 2. The molecule has 1 aliphatic heterocycles. The van der Waals surface area contributed by atoms with E-state index < -0.39 is 0 Å². The zero-order chi connectivity index (χ0) is 18.4. The Morgan fingerprint density at radius 1 is 1.42 bits per heavy atom. The number of carbonyl (C=O) groups is 1. The number of benzene rings is 1. The second-order valence-corrected chi connectivity index (χ2v) is 5.95. The fraction of sp³-hybridized carbons (Fsp3) is 0.444. The number of amides is 2. The van der Waals surface area contributed by atoms with Crippen molar-refractivity contribution in [3.8, 4) is 11.5 Å². The molecule has 1 aliphatic rings. The van der Waals surface area contributed by atoms with Gasteiger partial charge in [-0.05, 0) is 19.1 Å². The lowest BCUT2D eigenvalue weighted by Crippen LogP contribution is -2.45. The Bertz CT molecular complexity index is 733. The molecule has 140 valence electrons. The number of likely N-dealkylation sites (N-methyl/N-ethyl adjacent to an activating group) is 1. The van der Waals surface area contributed by atoms with Gasteiger partial charge in [-0.1, -0.05) is 12.1 Å². The third kappa shape index (κ3) is 4.45. The molecule has 3 rings (SSSR count). The highest BCUT2D eigenvalue weighted by atomic mass is 16.6. The summed E-state index contributed by atoms with van der Waals surface area (Å²) in [7, 11) is 1.64. The molecular weight excluding hydrogens is 336 g/mol. The van der Waals surface area contributed by atoms with Crippen LogP contribution in [0, 0.1) is 0 Å². The van der Waals surface area contributed by atoms with Crippen LogP contribution in [0.4, 0.5) is 10.5 Å². The standard InChI is InChI=1S/C18H24N4O4/c1-3-21(12-15-13-25-16-6-4-5-7-17(16)26-15)18(23)20-14-10-19-22(11-14)8-9-24-2/h4-7,10-11,15H,3,8-9,12-13H2,1-2H3,(H,20,23). The van der Waals surface area contributed by atoms with E-state index in [1.54, 1.807) is 29.1 Å². The van der Waals surface area contributed by atoms with Crippen molar-refractivity contribution < 1.29 is 19.0 Å². The molecule has 1 unspecified atom stereocenters. The molecule has 2 aromatic rings. The van der Waals surface area contributed by atoms with E-state index >= 15 is 0 Å². The summed E-state index contributed by atoms with van der Waals surface area (Å²) in [6, 6.07) is 7.35. The number of methoxy groups -OCH3 is 1. The highest BCUT2D eigenvalue weighted by Crippen LogP contribution is 2.31. The summed E-state index contributed by atoms with van der Waals surface area (Å²) in [5.41, 5.74) is 0.649. The third-order valence-electron chi connectivity index (χ3n) is 4.07. The molecule has 2 amide bonds. The van der Waals surface area contributed by atoms with E-state index in [4.69, 9.17) is 14.2 Å². The molecule has 0 fully saturated rings. The molecule has 26 heavy (non-hydrogen) atoms. The number of para-hydroxylation sites is 2. The van der Waals surface area contributed by atoms with Crippen molar-refractivity contribution in [3.63, 3.8) is 0 Å². The molecule has 8 nitrogen and oxygen atoms in total. The molecule has 1 aromatic heterocycles. The van der Waals surface area contributed by atoms with Crippen molar-refractivity contribution in [1.82, 2.24) is 14.7 Å². The summed E-state index contributed by atoms with van der Waals surface area (Å²) in [6.45, 7) is 4.54. The van der Waals surface area contributed by atoms with Gasteiger partial charge in [0.05, 0.1) is 31.6 Å². The molecule has 0 radical (unpaired) electrons. The van der Waals surface area contributed by atoms with Crippen molar-refractivity contribution in [3.05, 3.63) is 36.7 Å². The minimum absolute atomic E-state index is 0.193. The monoisotopic (exact) mass is 360 g/mol. The molecule has 2 heterocycles. The first-order valence-electron chi connectivity index (χ1n) is 8.65. The fourth-order valence-corrected chi connectivity index (χ4v) is 2.69. The van der Waals surface area contributed by atoms with E-state index in [0.29, 0.717) is 44.3 Å². The van der Waals surface area contributed by atoms with Gasteiger partial charge in [0, 0.05) is 19.9 Å². The van der Waals surface area contributed by atoms with Gasteiger partial charge >= 0.3 is 6.03 Å². The highest BCUT2D eigenvalue weighted by molar-refractivity contribution is 5.89. The van der Waals surface area contributed by atoms with Crippen molar-refractivity contribution in [1.29, 1.82) is 0 Å². The van der Waals surface area contributed by atoms with Gasteiger partial charge in [0.25, 0.3) is 0 Å². The Labute approximate surface area is 152 Å². The van der Waals surface area contributed by atoms with Crippen LogP contribution in [0.2, 0.25) is 0 Å². The summed E-state index contributed by atoms with van der Waals surface area (Å²) in [4.78, 5) is 14.2. The smallest absolute Gasteiger partial charge is 0.322 e. The minimum atomic E-state index is -0.208. The van der Waals surface area contributed by atoms with Gasteiger partial charge in [0.15, 0.2) is 17.6 Å². The highest BCUT2D eigenvalue weighted by Gasteiger charge is 2.25. The minimum Gasteiger partial charge on any atom is -0.486 e. The molecular formula is C18H24N4O4. The molecule has 0 saturated carbocycles. The van der Waals surface area contributed by atoms with Gasteiger partial charge < -0.3 is 24.4 Å². The van der Waals surface area contributed by atoms with Crippen LogP contribution in [-0.4, -0.2) is 60.2 Å². The lowest BCUT2D eigenvalue weighted by molar-refractivity contribution is 0.0693. The van der Waals surface area contributed by atoms with E-state index in [2.05, 4.69) is 10.4 Å². The molecule has 0 saturated heterocycles. The Morgan fingerprint density at radius 3 is 3.00 bits per heavy atom. The number of anilines is 1. The maximum Gasteiger partial charge on any atom is 0.322 e.